The predicted molar refractivity (Wildman–Crippen MR) is 59.9 cm³/mol. The average Bonchev–Trinajstić information content (AvgIpc) is 2.65. The molecule has 1 fully saturated rings. The van der Waals surface area contributed by atoms with Gasteiger partial charge in [-0.15, -0.1) is 0 Å². The van der Waals surface area contributed by atoms with Crippen LogP contribution in [-0.2, 0) is 0 Å². The lowest BCUT2D eigenvalue weighted by atomic mass is 9.98. The second kappa shape index (κ2) is 6.86. The number of hydrogen-bond donors (Lipinski definition) is 1. The van der Waals surface area contributed by atoms with E-state index in [1.165, 1.54) is 51.4 Å². The second-order valence-electron chi connectivity index (χ2n) is 4.38. The number of oxime groups is 1. The first kappa shape index (κ1) is 11.5. The van der Waals surface area contributed by atoms with Crippen molar-refractivity contribution in [1.29, 1.82) is 0 Å². The first-order chi connectivity index (χ1) is 6.88. The minimum atomic E-state index is 0.599. The van der Waals surface area contributed by atoms with Crippen molar-refractivity contribution in [3.63, 3.8) is 0 Å². The van der Waals surface area contributed by atoms with Crippen LogP contribution in [0, 0.1) is 5.92 Å². The molecule has 0 radical (unpaired) electrons. The number of rotatable bonds is 6. The smallest absolute Gasteiger partial charge is 0.0601 e. The summed E-state index contributed by atoms with van der Waals surface area (Å²) >= 11 is 0. The molecule has 1 aliphatic rings. The van der Waals surface area contributed by atoms with E-state index in [4.69, 9.17) is 5.21 Å². The van der Waals surface area contributed by atoms with Crippen LogP contribution in [0.2, 0.25) is 0 Å². The van der Waals surface area contributed by atoms with Crippen LogP contribution in [0.3, 0.4) is 0 Å². The Balaban J connectivity index is 2.06. The quantitative estimate of drug-likeness (QED) is 0.390. The van der Waals surface area contributed by atoms with Crippen molar-refractivity contribution < 1.29 is 5.21 Å². The molecule has 14 heavy (non-hydrogen) atoms. The predicted octanol–water partition coefficient (Wildman–Crippen LogP) is 3.98. The van der Waals surface area contributed by atoms with Gasteiger partial charge in [0.05, 0.1) is 5.71 Å². The Bertz CT molecular complexity index is 177. The highest BCUT2D eigenvalue weighted by molar-refractivity contribution is 5.87. The molecule has 0 heterocycles. The second-order valence-corrected chi connectivity index (χ2v) is 4.38. The van der Waals surface area contributed by atoms with Gasteiger partial charge in [-0.25, -0.2) is 0 Å². The van der Waals surface area contributed by atoms with Crippen LogP contribution in [-0.4, -0.2) is 10.9 Å². The van der Waals surface area contributed by atoms with Crippen LogP contribution >= 0.6 is 0 Å². The Morgan fingerprint density at radius 2 is 2.07 bits per heavy atom. The van der Waals surface area contributed by atoms with E-state index in [-0.39, 0.29) is 0 Å². The van der Waals surface area contributed by atoms with Gasteiger partial charge in [-0.05, 0) is 25.7 Å². The van der Waals surface area contributed by atoms with Crippen molar-refractivity contribution in [2.24, 2.45) is 11.1 Å². The lowest BCUT2D eigenvalue weighted by Gasteiger charge is -2.08. The fourth-order valence-electron chi connectivity index (χ4n) is 2.34. The highest BCUT2D eigenvalue weighted by atomic mass is 16.4. The lowest BCUT2D eigenvalue weighted by Crippen LogP contribution is -2.06. The van der Waals surface area contributed by atoms with Crippen molar-refractivity contribution in [2.75, 3.05) is 0 Å². The van der Waals surface area contributed by atoms with E-state index < -0.39 is 0 Å². The Kier molecular flexibility index (Phi) is 5.65. The molecule has 1 aliphatic carbocycles. The molecular formula is C12H23NO. The summed E-state index contributed by atoms with van der Waals surface area (Å²) in [5.41, 5.74) is 1.06. The van der Waals surface area contributed by atoms with Gasteiger partial charge in [0.25, 0.3) is 0 Å². The zero-order chi connectivity index (χ0) is 10.2. The van der Waals surface area contributed by atoms with Crippen LogP contribution < -0.4 is 0 Å². The van der Waals surface area contributed by atoms with E-state index in [9.17, 15) is 0 Å². The summed E-state index contributed by atoms with van der Waals surface area (Å²) in [6, 6.07) is 0. The van der Waals surface area contributed by atoms with Crippen LogP contribution in [0.15, 0.2) is 5.16 Å². The van der Waals surface area contributed by atoms with E-state index in [0.29, 0.717) is 5.92 Å². The van der Waals surface area contributed by atoms with Crippen molar-refractivity contribution in [3.8, 4) is 0 Å². The molecular weight excluding hydrogens is 174 g/mol. The molecule has 0 aromatic heterocycles. The third-order valence-electron chi connectivity index (χ3n) is 3.24. The zero-order valence-electron chi connectivity index (χ0n) is 9.34. The SMILES string of the molecule is CCCCCCC[C@H]1CCC/C1=N/O. The molecule has 0 bridgehead atoms. The summed E-state index contributed by atoms with van der Waals surface area (Å²) in [5.74, 6) is 0.599. The van der Waals surface area contributed by atoms with E-state index >= 15 is 0 Å². The molecule has 0 spiro atoms. The number of nitrogens with zero attached hydrogens (tertiary/aromatic N) is 1. The largest absolute Gasteiger partial charge is 0.411 e. The molecule has 82 valence electrons. The summed E-state index contributed by atoms with van der Waals surface area (Å²) in [7, 11) is 0. The normalized spacial score (nSPS) is 24.6. The van der Waals surface area contributed by atoms with Crippen LogP contribution in [0.25, 0.3) is 0 Å². The summed E-state index contributed by atoms with van der Waals surface area (Å²) in [4.78, 5) is 0. The summed E-state index contributed by atoms with van der Waals surface area (Å²) in [6.07, 6.45) is 11.4. The molecule has 0 aromatic rings. The van der Waals surface area contributed by atoms with E-state index in [1.807, 2.05) is 0 Å². The fourth-order valence-corrected chi connectivity index (χ4v) is 2.34. The van der Waals surface area contributed by atoms with Gasteiger partial charge in [0.15, 0.2) is 0 Å². The molecule has 0 aromatic carbocycles. The van der Waals surface area contributed by atoms with E-state index in [0.717, 1.165) is 12.1 Å². The molecule has 2 heteroatoms. The van der Waals surface area contributed by atoms with Gasteiger partial charge in [0, 0.05) is 5.92 Å². The highest BCUT2D eigenvalue weighted by Crippen LogP contribution is 2.27. The highest BCUT2D eigenvalue weighted by Gasteiger charge is 2.22. The van der Waals surface area contributed by atoms with E-state index in [2.05, 4.69) is 12.1 Å². The number of unbranched alkanes of at least 4 members (excludes halogenated alkanes) is 4. The topological polar surface area (TPSA) is 32.6 Å². The first-order valence-electron chi connectivity index (χ1n) is 6.09. The van der Waals surface area contributed by atoms with Crippen LogP contribution in [0.5, 0.6) is 0 Å². The van der Waals surface area contributed by atoms with Crippen molar-refractivity contribution in [1.82, 2.24) is 0 Å². The third-order valence-corrected chi connectivity index (χ3v) is 3.24. The first-order valence-corrected chi connectivity index (χ1v) is 6.09. The summed E-state index contributed by atoms with van der Waals surface area (Å²) in [6.45, 7) is 2.24. The standard InChI is InChI=1S/C12H23NO/c1-2-3-4-5-6-8-11-9-7-10-12(11)13-14/h11,14H,2-10H2,1H3/b13-12-/t11-/m0/s1. The van der Waals surface area contributed by atoms with E-state index in [1.54, 1.807) is 0 Å². The Labute approximate surface area is 87.4 Å². The molecule has 1 N–H and O–H groups in total. The van der Waals surface area contributed by atoms with Gasteiger partial charge in [-0.3, -0.25) is 0 Å². The van der Waals surface area contributed by atoms with Crippen LogP contribution in [0.4, 0.5) is 0 Å². The summed E-state index contributed by atoms with van der Waals surface area (Å²) in [5, 5.41) is 12.2. The maximum atomic E-state index is 8.77. The van der Waals surface area contributed by atoms with Gasteiger partial charge in [0.2, 0.25) is 0 Å². The molecule has 1 atom stereocenters. The molecule has 0 aliphatic heterocycles. The fraction of sp³-hybridized carbons (Fsp3) is 0.917. The monoisotopic (exact) mass is 197 g/mol. The number of hydrogen-bond acceptors (Lipinski definition) is 2. The van der Waals surface area contributed by atoms with Gasteiger partial charge < -0.3 is 5.21 Å². The summed E-state index contributed by atoms with van der Waals surface area (Å²) < 4.78 is 0. The van der Waals surface area contributed by atoms with Gasteiger partial charge >= 0.3 is 0 Å². The Morgan fingerprint density at radius 3 is 2.79 bits per heavy atom. The molecule has 0 amide bonds. The average molecular weight is 197 g/mol. The Hall–Kier alpha value is -0.530. The van der Waals surface area contributed by atoms with Crippen molar-refractivity contribution in [3.05, 3.63) is 0 Å². The maximum Gasteiger partial charge on any atom is 0.0601 e. The van der Waals surface area contributed by atoms with Gasteiger partial charge in [-0.1, -0.05) is 44.2 Å². The molecule has 1 saturated carbocycles. The zero-order valence-corrected chi connectivity index (χ0v) is 9.34. The van der Waals surface area contributed by atoms with Gasteiger partial charge in [-0.2, -0.15) is 0 Å². The minimum absolute atomic E-state index is 0.599. The molecule has 1 rings (SSSR count). The van der Waals surface area contributed by atoms with Gasteiger partial charge in [0.1, 0.15) is 0 Å². The lowest BCUT2D eigenvalue weighted by molar-refractivity contribution is 0.314. The molecule has 0 saturated heterocycles. The maximum absolute atomic E-state index is 8.77. The molecule has 0 unspecified atom stereocenters. The van der Waals surface area contributed by atoms with Crippen LogP contribution in [0.1, 0.15) is 64.7 Å². The third kappa shape index (κ3) is 3.69. The van der Waals surface area contributed by atoms with Crippen molar-refractivity contribution >= 4 is 5.71 Å². The van der Waals surface area contributed by atoms with Crippen molar-refractivity contribution in [2.45, 2.75) is 64.7 Å². The minimum Gasteiger partial charge on any atom is -0.411 e. The Morgan fingerprint density at radius 1 is 1.29 bits per heavy atom. The molecule has 2 nitrogen and oxygen atoms in total.